The Kier molecular flexibility index (Phi) is 7.44. The number of hydrogen-bond acceptors (Lipinski definition) is 4. The maximum Gasteiger partial charge on any atom is 0.191 e. The molecule has 0 aliphatic heterocycles. The number of benzene rings is 3. The van der Waals surface area contributed by atoms with E-state index in [4.69, 9.17) is 33.3 Å². The first-order valence-corrected chi connectivity index (χ1v) is 9.63. The number of hydrazone groups is 1. The van der Waals surface area contributed by atoms with Crippen molar-refractivity contribution in [3.63, 3.8) is 0 Å². The maximum atomic E-state index is 6.17. The summed E-state index contributed by atoms with van der Waals surface area (Å²) < 4.78 is 11.3. The fourth-order valence-corrected chi connectivity index (χ4v) is 2.86. The van der Waals surface area contributed by atoms with Gasteiger partial charge in [-0.25, -0.2) is 0 Å². The van der Waals surface area contributed by atoms with Gasteiger partial charge in [-0.1, -0.05) is 48.0 Å². The minimum atomic E-state index is 0.352. The molecule has 7 heteroatoms. The number of thiocarbonyl (C=S) groups is 1. The fourth-order valence-electron chi connectivity index (χ4n) is 2.50. The Hall–Kier alpha value is -3.09. The van der Waals surface area contributed by atoms with Gasteiger partial charge < -0.3 is 14.8 Å². The molecule has 0 saturated carbocycles. The minimum Gasteiger partial charge on any atom is -0.493 e. The summed E-state index contributed by atoms with van der Waals surface area (Å²) in [6.07, 6.45) is 1.65. The summed E-state index contributed by atoms with van der Waals surface area (Å²) in [5.41, 5.74) is 5.42. The highest BCUT2D eigenvalue weighted by molar-refractivity contribution is 7.80. The summed E-state index contributed by atoms with van der Waals surface area (Å²) in [5, 5.41) is 8.27. The lowest BCUT2D eigenvalue weighted by Crippen LogP contribution is -2.23. The summed E-state index contributed by atoms with van der Waals surface area (Å²) in [6.45, 7) is 0.352. The molecule has 0 amide bonds. The standard InChI is InChI=1S/C22H20ClN3O2S/c1-27-21-13-16(14-24-26-22(29)25-18-8-3-2-4-9-18)11-12-20(21)28-15-17-7-5-6-10-19(17)23/h2-14H,15H2,1H3,(H2,25,26,29)/b24-14-. The normalized spacial score (nSPS) is 10.6. The molecule has 3 aromatic carbocycles. The van der Waals surface area contributed by atoms with E-state index < -0.39 is 0 Å². The molecule has 0 fully saturated rings. The first-order valence-electron chi connectivity index (χ1n) is 8.85. The summed E-state index contributed by atoms with van der Waals surface area (Å²) >= 11 is 11.4. The van der Waals surface area contributed by atoms with E-state index in [1.165, 1.54) is 0 Å². The molecule has 0 heterocycles. The lowest BCUT2D eigenvalue weighted by atomic mass is 10.2. The smallest absolute Gasteiger partial charge is 0.191 e. The summed E-state index contributed by atoms with van der Waals surface area (Å²) in [6, 6.07) is 22.7. The van der Waals surface area contributed by atoms with E-state index in [1.54, 1.807) is 13.3 Å². The van der Waals surface area contributed by atoms with Crippen LogP contribution in [0.1, 0.15) is 11.1 Å². The summed E-state index contributed by atoms with van der Waals surface area (Å²) in [5.74, 6) is 1.23. The Morgan fingerprint density at radius 1 is 1.03 bits per heavy atom. The molecule has 5 nitrogen and oxygen atoms in total. The molecule has 0 bridgehead atoms. The van der Waals surface area contributed by atoms with Crippen molar-refractivity contribution < 1.29 is 9.47 Å². The molecule has 148 valence electrons. The Morgan fingerprint density at radius 3 is 2.55 bits per heavy atom. The molecule has 0 aliphatic carbocycles. The van der Waals surface area contributed by atoms with Crippen molar-refractivity contribution in [3.05, 3.63) is 88.9 Å². The van der Waals surface area contributed by atoms with Crippen LogP contribution in [0.15, 0.2) is 77.9 Å². The van der Waals surface area contributed by atoms with Crippen LogP contribution >= 0.6 is 23.8 Å². The van der Waals surface area contributed by atoms with E-state index in [0.29, 0.717) is 28.2 Å². The van der Waals surface area contributed by atoms with Crippen LogP contribution in [0.4, 0.5) is 5.69 Å². The third kappa shape index (κ3) is 6.20. The van der Waals surface area contributed by atoms with Gasteiger partial charge in [-0.2, -0.15) is 5.10 Å². The number of methoxy groups -OCH3 is 1. The van der Waals surface area contributed by atoms with E-state index in [9.17, 15) is 0 Å². The van der Waals surface area contributed by atoms with Crippen LogP contribution in [0.2, 0.25) is 5.02 Å². The molecule has 3 aromatic rings. The highest BCUT2D eigenvalue weighted by Gasteiger charge is 2.07. The lowest BCUT2D eigenvalue weighted by molar-refractivity contribution is 0.284. The SMILES string of the molecule is COc1cc(/C=N\NC(=S)Nc2ccccc2)ccc1OCc1ccccc1Cl. The number of para-hydroxylation sites is 1. The number of rotatable bonds is 7. The Labute approximate surface area is 180 Å². The monoisotopic (exact) mass is 425 g/mol. The molecule has 0 spiro atoms. The van der Waals surface area contributed by atoms with Gasteiger partial charge in [0.1, 0.15) is 6.61 Å². The molecule has 0 aromatic heterocycles. The first-order chi connectivity index (χ1) is 14.2. The lowest BCUT2D eigenvalue weighted by Gasteiger charge is -2.12. The number of hydrogen-bond donors (Lipinski definition) is 2. The highest BCUT2D eigenvalue weighted by Crippen LogP contribution is 2.29. The van der Waals surface area contributed by atoms with E-state index in [-0.39, 0.29) is 0 Å². The van der Waals surface area contributed by atoms with E-state index in [2.05, 4.69) is 15.8 Å². The zero-order valence-electron chi connectivity index (χ0n) is 15.8. The molecule has 0 aliphatic rings. The number of nitrogens with one attached hydrogen (secondary N) is 2. The largest absolute Gasteiger partial charge is 0.493 e. The Morgan fingerprint density at radius 2 is 1.79 bits per heavy atom. The zero-order valence-corrected chi connectivity index (χ0v) is 17.3. The second-order valence-electron chi connectivity index (χ2n) is 5.98. The number of ether oxygens (including phenoxy) is 2. The zero-order chi connectivity index (χ0) is 20.5. The van der Waals surface area contributed by atoms with Gasteiger partial charge in [0.15, 0.2) is 16.6 Å². The maximum absolute atomic E-state index is 6.17. The van der Waals surface area contributed by atoms with E-state index in [1.807, 2.05) is 72.8 Å². The van der Waals surface area contributed by atoms with Crippen molar-refractivity contribution in [1.82, 2.24) is 5.43 Å². The first kappa shape index (κ1) is 20.6. The quantitative estimate of drug-likeness (QED) is 0.307. The molecule has 0 unspecified atom stereocenters. The molecule has 0 saturated heterocycles. The van der Waals surface area contributed by atoms with Gasteiger partial charge >= 0.3 is 0 Å². The molecular weight excluding hydrogens is 406 g/mol. The second kappa shape index (κ2) is 10.5. The van der Waals surface area contributed by atoms with Gasteiger partial charge in [0, 0.05) is 16.3 Å². The second-order valence-corrected chi connectivity index (χ2v) is 6.80. The van der Waals surface area contributed by atoms with Crippen LogP contribution in [0.3, 0.4) is 0 Å². The van der Waals surface area contributed by atoms with Crippen molar-refractivity contribution in [1.29, 1.82) is 0 Å². The predicted octanol–water partition coefficient (Wildman–Crippen LogP) is 5.25. The number of anilines is 1. The van der Waals surface area contributed by atoms with Crippen molar-refractivity contribution >= 4 is 40.8 Å². The number of halogens is 1. The molecule has 2 N–H and O–H groups in total. The van der Waals surface area contributed by atoms with E-state index in [0.717, 1.165) is 16.8 Å². The summed E-state index contributed by atoms with van der Waals surface area (Å²) in [7, 11) is 1.59. The van der Waals surface area contributed by atoms with Crippen LogP contribution < -0.4 is 20.2 Å². The van der Waals surface area contributed by atoms with Gasteiger partial charge in [-0.3, -0.25) is 5.43 Å². The van der Waals surface area contributed by atoms with Crippen LogP contribution in [-0.2, 0) is 6.61 Å². The van der Waals surface area contributed by atoms with Crippen molar-refractivity contribution in [2.75, 3.05) is 12.4 Å². The van der Waals surface area contributed by atoms with E-state index >= 15 is 0 Å². The van der Waals surface area contributed by atoms with Gasteiger partial charge in [0.05, 0.1) is 13.3 Å². The third-order valence-electron chi connectivity index (χ3n) is 3.94. The molecule has 0 atom stereocenters. The average Bonchev–Trinajstić information content (AvgIpc) is 2.74. The predicted molar refractivity (Wildman–Crippen MR) is 122 cm³/mol. The molecule has 3 rings (SSSR count). The number of nitrogens with zero attached hydrogens (tertiary/aromatic N) is 1. The van der Waals surface area contributed by atoms with Crippen LogP contribution in [0.25, 0.3) is 0 Å². The van der Waals surface area contributed by atoms with Gasteiger partial charge in [-0.15, -0.1) is 0 Å². The average molecular weight is 426 g/mol. The molecule has 0 radical (unpaired) electrons. The van der Waals surface area contributed by atoms with Crippen molar-refractivity contribution in [3.8, 4) is 11.5 Å². The van der Waals surface area contributed by atoms with Gasteiger partial charge in [0.25, 0.3) is 0 Å². The molecular formula is C22H20ClN3O2S. The fraction of sp³-hybridized carbons (Fsp3) is 0.0909. The third-order valence-corrected chi connectivity index (χ3v) is 4.50. The van der Waals surface area contributed by atoms with Crippen LogP contribution in [-0.4, -0.2) is 18.4 Å². The Bertz CT molecular complexity index is 996. The van der Waals surface area contributed by atoms with Crippen molar-refractivity contribution in [2.45, 2.75) is 6.61 Å². The van der Waals surface area contributed by atoms with Gasteiger partial charge in [0.2, 0.25) is 0 Å². The van der Waals surface area contributed by atoms with Gasteiger partial charge in [-0.05, 0) is 54.2 Å². The molecule has 29 heavy (non-hydrogen) atoms. The highest BCUT2D eigenvalue weighted by atomic mass is 35.5. The van der Waals surface area contributed by atoms with Crippen LogP contribution in [0.5, 0.6) is 11.5 Å². The Balaban J connectivity index is 1.58. The minimum absolute atomic E-state index is 0.352. The summed E-state index contributed by atoms with van der Waals surface area (Å²) in [4.78, 5) is 0. The van der Waals surface area contributed by atoms with Crippen LogP contribution in [0, 0.1) is 0 Å². The van der Waals surface area contributed by atoms with Crippen molar-refractivity contribution in [2.24, 2.45) is 5.10 Å². The topological polar surface area (TPSA) is 54.9 Å².